The third kappa shape index (κ3) is 2.89. The lowest BCUT2D eigenvalue weighted by molar-refractivity contribution is 0.0524. The minimum atomic E-state index is -0.325. The van der Waals surface area contributed by atoms with Crippen LogP contribution in [0, 0.1) is 6.92 Å². The standard InChI is InChI=1S/C19H18O3/c1-3-21-19(20)18-12-17(22-13(18)2)11-14-8-9-15-6-4-5-7-16(15)10-14/h4-10,12H,3,11H2,1-2H3. The van der Waals surface area contributed by atoms with Crippen LogP contribution in [0.1, 0.15) is 34.4 Å². The quantitative estimate of drug-likeness (QED) is 0.665. The first-order chi connectivity index (χ1) is 10.7. The van der Waals surface area contributed by atoms with Crippen molar-refractivity contribution in [2.45, 2.75) is 20.3 Å². The number of hydrogen-bond donors (Lipinski definition) is 0. The molecule has 3 nitrogen and oxygen atoms in total. The van der Waals surface area contributed by atoms with Gasteiger partial charge in [-0.3, -0.25) is 0 Å². The summed E-state index contributed by atoms with van der Waals surface area (Å²) in [7, 11) is 0. The third-order valence-corrected chi connectivity index (χ3v) is 3.66. The van der Waals surface area contributed by atoms with E-state index in [-0.39, 0.29) is 5.97 Å². The molecule has 0 unspecified atom stereocenters. The number of esters is 1. The SMILES string of the molecule is CCOC(=O)c1cc(Cc2ccc3ccccc3c2)oc1C. The molecule has 0 fully saturated rings. The molecule has 3 heteroatoms. The molecule has 0 spiro atoms. The maximum Gasteiger partial charge on any atom is 0.341 e. The topological polar surface area (TPSA) is 39.4 Å². The van der Waals surface area contributed by atoms with Gasteiger partial charge in [-0.2, -0.15) is 0 Å². The highest BCUT2D eigenvalue weighted by molar-refractivity contribution is 5.90. The van der Waals surface area contributed by atoms with Crippen LogP contribution in [-0.4, -0.2) is 12.6 Å². The number of benzene rings is 2. The molecule has 0 bridgehead atoms. The number of rotatable bonds is 4. The van der Waals surface area contributed by atoms with Crippen molar-refractivity contribution in [1.82, 2.24) is 0 Å². The van der Waals surface area contributed by atoms with E-state index >= 15 is 0 Å². The summed E-state index contributed by atoms with van der Waals surface area (Å²) in [4.78, 5) is 11.8. The highest BCUT2D eigenvalue weighted by atomic mass is 16.5. The minimum absolute atomic E-state index is 0.325. The molecule has 1 aromatic heterocycles. The zero-order valence-electron chi connectivity index (χ0n) is 12.8. The van der Waals surface area contributed by atoms with Crippen LogP contribution in [0.4, 0.5) is 0 Å². The number of hydrogen-bond acceptors (Lipinski definition) is 3. The average Bonchev–Trinajstić information content (AvgIpc) is 2.88. The number of furan rings is 1. The molecule has 112 valence electrons. The smallest absolute Gasteiger partial charge is 0.341 e. The van der Waals surface area contributed by atoms with Crippen LogP contribution in [0.15, 0.2) is 52.9 Å². The molecule has 2 aromatic carbocycles. The Hall–Kier alpha value is -2.55. The van der Waals surface area contributed by atoms with Crippen LogP contribution in [-0.2, 0) is 11.2 Å². The first kappa shape index (κ1) is 14.4. The van der Waals surface area contributed by atoms with Crippen molar-refractivity contribution in [1.29, 1.82) is 0 Å². The Bertz CT molecular complexity index is 814. The monoisotopic (exact) mass is 294 g/mol. The first-order valence-electron chi connectivity index (χ1n) is 7.41. The van der Waals surface area contributed by atoms with Gasteiger partial charge in [0, 0.05) is 6.42 Å². The molecule has 3 rings (SSSR count). The molecule has 0 N–H and O–H groups in total. The molecule has 0 aliphatic heterocycles. The molecule has 22 heavy (non-hydrogen) atoms. The largest absolute Gasteiger partial charge is 0.465 e. The van der Waals surface area contributed by atoms with Crippen molar-refractivity contribution in [3.05, 3.63) is 71.2 Å². The summed E-state index contributed by atoms with van der Waals surface area (Å²) in [5.74, 6) is 1.05. The molecule has 3 aromatic rings. The maximum absolute atomic E-state index is 11.8. The molecule has 0 amide bonds. The van der Waals surface area contributed by atoms with E-state index in [2.05, 4.69) is 30.3 Å². The van der Waals surface area contributed by atoms with E-state index in [1.54, 1.807) is 19.9 Å². The van der Waals surface area contributed by atoms with E-state index < -0.39 is 0 Å². The van der Waals surface area contributed by atoms with Crippen molar-refractivity contribution in [3.63, 3.8) is 0 Å². The summed E-state index contributed by atoms with van der Waals surface area (Å²) in [5.41, 5.74) is 1.67. The molecule has 0 aliphatic carbocycles. The Kier molecular flexibility index (Phi) is 3.96. The van der Waals surface area contributed by atoms with E-state index in [4.69, 9.17) is 9.15 Å². The van der Waals surface area contributed by atoms with Gasteiger partial charge in [0.05, 0.1) is 6.61 Å². The Morgan fingerprint density at radius 1 is 1.09 bits per heavy atom. The van der Waals surface area contributed by atoms with Crippen molar-refractivity contribution in [3.8, 4) is 0 Å². The van der Waals surface area contributed by atoms with Crippen LogP contribution >= 0.6 is 0 Å². The fraction of sp³-hybridized carbons (Fsp3) is 0.211. The Morgan fingerprint density at radius 3 is 2.64 bits per heavy atom. The molecular weight excluding hydrogens is 276 g/mol. The van der Waals surface area contributed by atoms with Crippen LogP contribution in [0.5, 0.6) is 0 Å². The van der Waals surface area contributed by atoms with Gasteiger partial charge < -0.3 is 9.15 Å². The second kappa shape index (κ2) is 6.06. The lowest BCUT2D eigenvalue weighted by atomic mass is 10.0. The van der Waals surface area contributed by atoms with Gasteiger partial charge in [-0.15, -0.1) is 0 Å². The number of carbonyl (C=O) groups excluding carboxylic acids is 1. The second-order valence-corrected chi connectivity index (χ2v) is 5.26. The molecule has 0 atom stereocenters. The Morgan fingerprint density at radius 2 is 1.86 bits per heavy atom. The lowest BCUT2D eigenvalue weighted by Gasteiger charge is -2.02. The highest BCUT2D eigenvalue weighted by Crippen LogP contribution is 2.21. The third-order valence-electron chi connectivity index (χ3n) is 3.66. The molecular formula is C19H18O3. The van der Waals surface area contributed by atoms with Gasteiger partial charge in [0.25, 0.3) is 0 Å². The normalized spacial score (nSPS) is 10.8. The van der Waals surface area contributed by atoms with Crippen LogP contribution in [0.25, 0.3) is 10.8 Å². The van der Waals surface area contributed by atoms with E-state index in [1.165, 1.54) is 10.8 Å². The van der Waals surface area contributed by atoms with E-state index in [9.17, 15) is 4.79 Å². The predicted octanol–water partition coefficient (Wildman–Crippen LogP) is 4.51. The summed E-state index contributed by atoms with van der Waals surface area (Å²) in [6.07, 6.45) is 0.658. The summed E-state index contributed by atoms with van der Waals surface area (Å²) >= 11 is 0. The van der Waals surface area contributed by atoms with Crippen molar-refractivity contribution >= 4 is 16.7 Å². The number of ether oxygens (including phenoxy) is 1. The molecule has 0 saturated carbocycles. The van der Waals surface area contributed by atoms with Crippen LogP contribution in [0.3, 0.4) is 0 Å². The lowest BCUT2D eigenvalue weighted by Crippen LogP contribution is -2.04. The zero-order valence-corrected chi connectivity index (χ0v) is 12.8. The van der Waals surface area contributed by atoms with Crippen molar-refractivity contribution in [2.75, 3.05) is 6.61 Å². The fourth-order valence-electron chi connectivity index (χ4n) is 2.59. The Balaban J connectivity index is 1.85. The molecule has 1 heterocycles. The van der Waals surface area contributed by atoms with E-state index in [0.717, 1.165) is 11.3 Å². The van der Waals surface area contributed by atoms with Gasteiger partial charge in [0.2, 0.25) is 0 Å². The van der Waals surface area contributed by atoms with Crippen LogP contribution in [0.2, 0.25) is 0 Å². The molecule has 0 radical (unpaired) electrons. The Labute approximate surface area is 129 Å². The van der Waals surface area contributed by atoms with Gasteiger partial charge >= 0.3 is 5.97 Å². The van der Waals surface area contributed by atoms with Crippen molar-refractivity contribution < 1.29 is 13.9 Å². The fourth-order valence-corrected chi connectivity index (χ4v) is 2.59. The van der Waals surface area contributed by atoms with Crippen LogP contribution < -0.4 is 0 Å². The average molecular weight is 294 g/mol. The summed E-state index contributed by atoms with van der Waals surface area (Å²) in [6.45, 7) is 3.95. The number of fused-ring (bicyclic) bond motifs is 1. The summed E-state index contributed by atoms with van der Waals surface area (Å²) < 4.78 is 10.7. The van der Waals surface area contributed by atoms with Gasteiger partial charge in [0.1, 0.15) is 17.1 Å². The first-order valence-corrected chi connectivity index (χ1v) is 7.41. The second-order valence-electron chi connectivity index (χ2n) is 5.26. The predicted molar refractivity (Wildman–Crippen MR) is 86.2 cm³/mol. The van der Waals surface area contributed by atoms with Gasteiger partial charge in [-0.25, -0.2) is 4.79 Å². The van der Waals surface area contributed by atoms with Gasteiger partial charge in [-0.1, -0.05) is 42.5 Å². The van der Waals surface area contributed by atoms with E-state index in [0.29, 0.717) is 24.4 Å². The number of carbonyl (C=O) groups is 1. The highest BCUT2D eigenvalue weighted by Gasteiger charge is 2.16. The minimum Gasteiger partial charge on any atom is -0.465 e. The number of aryl methyl sites for hydroxylation is 1. The zero-order chi connectivity index (χ0) is 15.5. The van der Waals surface area contributed by atoms with Crippen molar-refractivity contribution in [2.24, 2.45) is 0 Å². The molecule has 0 saturated heterocycles. The summed E-state index contributed by atoms with van der Waals surface area (Å²) in [6, 6.07) is 16.4. The van der Waals surface area contributed by atoms with Gasteiger partial charge in [0.15, 0.2) is 0 Å². The maximum atomic E-state index is 11.8. The summed E-state index contributed by atoms with van der Waals surface area (Å²) in [5, 5.41) is 2.42. The van der Waals surface area contributed by atoms with Gasteiger partial charge in [-0.05, 0) is 36.2 Å². The molecule has 0 aliphatic rings. The van der Waals surface area contributed by atoms with E-state index in [1.807, 2.05) is 12.1 Å².